The molecule has 0 fully saturated rings. The molecule has 2 N–H and O–H groups in total. The fraction of sp³-hybridized carbons (Fsp3) is 0.533. The van der Waals surface area contributed by atoms with Crippen LogP contribution in [0.25, 0.3) is 0 Å². The molecular weight excluding hydrogens is 226 g/mol. The van der Waals surface area contributed by atoms with Crippen LogP contribution in [0.4, 0.5) is 0 Å². The number of amides is 1. The quantitative estimate of drug-likeness (QED) is 0.840. The molecular formula is C15H23NO2. The van der Waals surface area contributed by atoms with Gasteiger partial charge in [-0.1, -0.05) is 29.8 Å². The second kappa shape index (κ2) is 6.01. The summed E-state index contributed by atoms with van der Waals surface area (Å²) in [4.78, 5) is 11.8. The van der Waals surface area contributed by atoms with Crippen molar-refractivity contribution >= 4 is 5.91 Å². The number of hydrogen-bond donors (Lipinski definition) is 2. The van der Waals surface area contributed by atoms with E-state index in [2.05, 4.69) is 11.4 Å². The number of carbonyl (C=O) groups is 1. The van der Waals surface area contributed by atoms with Gasteiger partial charge < -0.3 is 10.4 Å². The molecule has 1 atom stereocenters. The lowest BCUT2D eigenvalue weighted by atomic mass is 9.98. The molecule has 0 saturated heterocycles. The zero-order valence-corrected chi connectivity index (χ0v) is 11.7. The SMILES string of the molecule is Cc1cccc(CCC(=O)NC(C)(C)C(C)O)c1. The van der Waals surface area contributed by atoms with Gasteiger partial charge in [0.05, 0.1) is 11.6 Å². The third-order valence-corrected chi connectivity index (χ3v) is 3.23. The molecule has 18 heavy (non-hydrogen) atoms. The fourth-order valence-electron chi connectivity index (χ4n) is 1.65. The van der Waals surface area contributed by atoms with E-state index < -0.39 is 11.6 Å². The van der Waals surface area contributed by atoms with Crippen molar-refractivity contribution in [2.45, 2.75) is 52.2 Å². The highest BCUT2D eigenvalue weighted by atomic mass is 16.3. The minimum absolute atomic E-state index is 0.0255. The Labute approximate surface area is 109 Å². The monoisotopic (exact) mass is 249 g/mol. The Morgan fingerprint density at radius 3 is 2.67 bits per heavy atom. The third-order valence-electron chi connectivity index (χ3n) is 3.23. The Hall–Kier alpha value is -1.35. The van der Waals surface area contributed by atoms with E-state index in [1.807, 2.05) is 39.0 Å². The predicted octanol–water partition coefficient (Wildman–Crippen LogP) is 2.20. The fourth-order valence-corrected chi connectivity index (χ4v) is 1.65. The molecule has 0 radical (unpaired) electrons. The summed E-state index contributed by atoms with van der Waals surface area (Å²) < 4.78 is 0. The van der Waals surface area contributed by atoms with Gasteiger partial charge in [-0.15, -0.1) is 0 Å². The van der Waals surface area contributed by atoms with Gasteiger partial charge in [0.25, 0.3) is 0 Å². The van der Waals surface area contributed by atoms with Crippen molar-refractivity contribution in [2.24, 2.45) is 0 Å². The molecule has 0 heterocycles. The molecule has 1 rings (SSSR count). The minimum atomic E-state index is -0.580. The lowest BCUT2D eigenvalue weighted by molar-refractivity contribution is -0.123. The number of hydrogen-bond acceptors (Lipinski definition) is 2. The highest BCUT2D eigenvalue weighted by molar-refractivity contribution is 5.77. The molecule has 0 spiro atoms. The predicted molar refractivity (Wildman–Crippen MR) is 73.4 cm³/mol. The van der Waals surface area contributed by atoms with E-state index in [0.717, 1.165) is 6.42 Å². The van der Waals surface area contributed by atoms with E-state index in [0.29, 0.717) is 6.42 Å². The summed E-state index contributed by atoms with van der Waals surface area (Å²) in [5, 5.41) is 12.4. The van der Waals surface area contributed by atoms with Crippen LogP contribution in [0.1, 0.15) is 38.3 Å². The maximum absolute atomic E-state index is 11.8. The molecule has 1 aromatic rings. The molecule has 0 aliphatic heterocycles. The molecule has 0 aliphatic carbocycles. The Balaban J connectivity index is 2.47. The van der Waals surface area contributed by atoms with E-state index >= 15 is 0 Å². The van der Waals surface area contributed by atoms with Crippen molar-refractivity contribution in [1.29, 1.82) is 0 Å². The first-order chi connectivity index (χ1) is 8.31. The van der Waals surface area contributed by atoms with Crippen molar-refractivity contribution < 1.29 is 9.90 Å². The average Bonchev–Trinajstić information content (AvgIpc) is 2.25. The summed E-state index contributed by atoms with van der Waals surface area (Å²) in [6, 6.07) is 8.16. The van der Waals surface area contributed by atoms with Crippen LogP contribution in [0.15, 0.2) is 24.3 Å². The number of benzene rings is 1. The Morgan fingerprint density at radius 1 is 1.44 bits per heavy atom. The van der Waals surface area contributed by atoms with Crippen molar-refractivity contribution in [3.63, 3.8) is 0 Å². The maximum Gasteiger partial charge on any atom is 0.220 e. The van der Waals surface area contributed by atoms with E-state index in [9.17, 15) is 9.90 Å². The summed E-state index contributed by atoms with van der Waals surface area (Å²) in [7, 11) is 0. The standard InChI is InChI=1S/C15H23NO2/c1-11-6-5-7-13(10-11)8-9-14(18)16-15(3,4)12(2)17/h5-7,10,12,17H,8-9H2,1-4H3,(H,16,18). The maximum atomic E-state index is 11.8. The first-order valence-corrected chi connectivity index (χ1v) is 6.36. The van der Waals surface area contributed by atoms with E-state index in [1.165, 1.54) is 11.1 Å². The molecule has 1 aromatic carbocycles. The van der Waals surface area contributed by atoms with Gasteiger partial charge >= 0.3 is 0 Å². The van der Waals surface area contributed by atoms with Gasteiger partial charge in [-0.2, -0.15) is 0 Å². The Bertz CT molecular complexity index is 411. The molecule has 0 saturated carbocycles. The summed E-state index contributed by atoms with van der Waals surface area (Å²) in [6.45, 7) is 7.37. The van der Waals surface area contributed by atoms with Gasteiger partial charge in [0.15, 0.2) is 0 Å². The summed E-state index contributed by atoms with van der Waals surface area (Å²) in [5.41, 5.74) is 1.79. The lowest BCUT2D eigenvalue weighted by Crippen LogP contribution is -2.51. The zero-order chi connectivity index (χ0) is 13.8. The molecule has 1 unspecified atom stereocenters. The number of aliphatic hydroxyl groups excluding tert-OH is 1. The molecule has 1 amide bonds. The largest absolute Gasteiger partial charge is 0.391 e. The van der Waals surface area contributed by atoms with Crippen molar-refractivity contribution in [3.8, 4) is 0 Å². The van der Waals surface area contributed by atoms with Gasteiger partial charge in [0, 0.05) is 6.42 Å². The smallest absolute Gasteiger partial charge is 0.220 e. The molecule has 100 valence electrons. The highest BCUT2D eigenvalue weighted by Crippen LogP contribution is 2.10. The first kappa shape index (κ1) is 14.7. The van der Waals surface area contributed by atoms with Crippen LogP contribution in [-0.4, -0.2) is 22.7 Å². The molecule has 0 aromatic heterocycles. The van der Waals surface area contributed by atoms with Crippen LogP contribution in [-0.2, 0) is 11.2 Å². The topological polar surface area (TPSA) is 49.3 Å². The van der Waals surface area contributed by atoms with Crippen LogP contribution in [0.2, 0.25) is 0 Å². The number of carbonyl (C=O) groups excluding carboxylic acids is 1. The summed E-state index contributed by atoms with van der Waals surface area (Å²) in [5.74, 6) is -0.0255. The minimum Gasteiger partial charge on any atom is -0.391 e. The van der Waals surface area contributed by atoms with Crippen LogP contribution >= 0.6 is 0 Å². The second-order valence-corrected chi connectivity index (χ2v) is 5.43. The number of aryl methyl sites for hydroxylation is 2. The second-order valence-electron chi connectivity index (χ2n) is 5.43. The normalized spacial score (nSPS) is 13.2. The van der Waals surface area contributed by atoms with Gasteiger partial charge in [0.1, 0.15) is 0 Å². The van der Waals surface area contributed by atoms with Crippen LogP contribution < -0.4 is 5.32 Å². The Kier molecular flexibility index (Phi) is 4.91. The zero-order valence-electron chi connectivity index (χ0n) is 11.7. The molecule has 0 aliphatic rings. The van der Waals surface area contributed by atoms with E-state index in [4.69, 9.17) is 0 Å². The third kappa shape index (κ3) is 4.49. The average molecular weight is 249 g/mol. The summed E-state index contributed by atoms with van der Waals surface area (Å²) >= 11 is 0. The van der Waals surface area contributed by atoms with E-state index in [-0.39, 0.29) is 5.91 Å². The highest BCUT2D eigenvalue weighted by Gasteiger charge is 2.25. The van der Waals surface area contributed by atoms with Gasteiger partial charge in [-0.05, 0) is 39.7 Å². The van der Waals surface area contributed by atoms with Gasteiger partial charge in [0.2, 0.25) is 5.91 Å². The van der Waals surface area contributed by atoms with Crippen molar-refractivity contribution in [1.82, 2.24) is 5.32 Å². The Morgan fingerprint density at radius 2 is 2.11 bits per heavy atom. The van der Waals surface area contributed by atoms with Gasteiger partial charge in [-0.25, -0.2) is 0 Å². The molecule has 3 heteroatoms. The van der Waals surface area contributed by atoms with Crippen LogP contribution in [0.5, 0.6) is 0 Å². The van der Waals surface area contributed by atoms with Crippen molar-refractivity contribution in [3.05, 3.63) is 35.4 Å². The first-order valence-electron chi connectivity index (χ1n) is 6.36. The molecule has 3 nitrogen and oxygen atoms in total. The van der Waals surface area contributed by atoms with Gasteiger partial charge in [-0.3, -0.25) is 4.79 Å². The lowest BCUT2D eigenvalue weighted by Gasteiger charge is -2.29. The number of aliphatic hydroxyl groups is 1. The van der Waals surface area contributed by atoms with Crippen LogP contribution in [0.3, 0.4) is 0 Å². The van der Waals surface area contributed by atoms with Crippen LogP contribution in [0, 0.1) is 6.92 Å². The van der Waals surface area contributed by atoms with Crippen molar-refractivity contribution in [2.75, 3.05) is 0 Å². The van der Waals surface area contributed by atoms with E-state index in [1.54, 1.807) is 6.92 Å². The number of nitrogens with one attached hydrogen (secondary N) is 1. The summed E-state index contributed by atoms with van der Waals surface area (Å²) in [6.07, 6.45) is 0.601. The molecule has 0 bridgehead atoms. The number of rotatable bonds is 5.